The van der Waals surface area contributed by atoms with Gasteiger partial charge in [0.25, 0.3) is 11.8 Å². The van der Waals surface area contributed by atoms with Crippen LogP contribution in [-0.2, 0) is 9.53 Å². The Balaban J connectivity index is 2.19. The molecule has 106 valence electrons. The number of carboxylic acids is 1. The van der Waals surface area contributed by atoms with E-state index in [1.165, 1.54) is 0 Å². The molecule has 1 aromatic rings. The van der Waals surface area contributed by atoms with E-state index in [1.807, 2.05) is 0 Å². The van der Waals surface area contributed by atoms with Crippen LogP contribution in [0, 0.1) is 0 Å². The summed E-state index contributed by atoms with van der Waals surface area (Å²) in [5.41, 5.74) is -0.185. The minimum absolute atomic E-state index is 0.0369. The molecule has 2 rings (SSSR count). The fourth-order valence-corrected chi connectivity index (χ4v) is 2.19. The van der Waals surface area contributed by atoms with Crippen molar-refractivity contribution >= 4 is 17.8 Å². The molecule has 0 spiro atoms. The third-order valence-corrected chi connectivity index (χ3v) is 3.08. The lowest BCUT2D eigenvalue weighted by Crippen LogP contribution is -2.50. The summed E-state index contributed by atoms with van der Waals surface area (Å²) in [5, 5.41) is 8.55. The van der Waals surface area contributed by atoms with Gasteiger partial charge in [0.05, 0.1) is 23.3 Å². The van der Waals surface area contributed by atoms with Gasteiger partial charge in [-0.1, -0.05) is 12.1 Å². The van der Waals surface area contributed by atoms with E-state index in [1.54, 1.807) is 38.1 Å². The predicted octanol–water partition coefficient (Wildman–Crippen LogP) is 1.16. The van der Waals surface area contributed by atoms with E-state index in [2.05, 4.69) is 0 Å². The van der Waals surface area contributed by atoms with Crippen LogP contribution in [0.4, 0.5) is 0 Å². The van der Waals surface area contributed by atoms with Gasteiger partial charge in [-0.25, -0.2) is 4.79 Å². The highest BCUT2D eigenvalue weighted by molar-refractivity contribution is 6.21. The van der Waals surface area contributed by atoms with Crippen molar-refractivity contribution in [2.24, 2.45) is 0 Å². The van der Waals surface area contributed by atoms with Gasteiger partial charge < -0.3 is 9.84 Å². The van der Waals surface area contributed by atoms with Crippen molar-refractivity contribution in [3.05, 3.63) is 35.4 Å². The standard InChI is InChI=1S/C14H15NO5/c1-14(2,8-20-7-11(16)17)15-12(18)9-5-3-4-6-10(9)13(15)19/h3-6H,7-8H2,1-2H3,(H,16,17). The van der Waals surface area contributed by atoms with E-state index in [0.29, 0.717) is 11.1 Å². The average Bonchev–Trinajstić information content (AvgIpc) is 2.62. The Morgan fingerprint density at radius 3 is 2.15 bits per heavy atom. The summed E-state index contributed by atoms with van der Waals surface area (Å²) in [6, 6.07) is 6.59. The third-order valence-electron chi connectivity index (χ3n) is 3.08. The quantitative estimate of drug-likeness (QED) is 0.816. The highest BCUT2D eigenvalue weighted by Crippen LogP contribution is 2.29. The van der Waals surface area contributed by atoms with Crippen LogP contribution in [0.2, 0.25) is 0 Å². The van der Waals surface area contributed by atoms with Gasteiger partial charge in [0.1, 0.15) is 6.61 Å². The largest absolute Gasteiger partial charge is 0.480 e. The maximum Gasteiger partial charge on any atom is 0.329 e. The van der Waals surface area contributed by atoms with Crippen molar-refractivity contribution < 1.29 is 24.2 Å². The van der Waals surface area contributed by atoms with Crippen LogP contribution in [0.1, 0.15) is 34.6 Å². The monoisotopic (exact) mass is 277 g/mol. The minimum Gasteiger partial charge on any atom is -0.480 e. The number of imide groups is 1. The van der Waals surface area contributed by atoms with Crippen LogP contribution in [-0.4, -0.2) is 46.5 Å². The van der Waals surface area contributed by atoms with Gasteiger partial charge in [-0.05, 0) is 26.0 Å². The summed E-state index contributed by atoms with van der Waals surface area (Å²) in [5.74, 6) is -1.85. The Bertz CT molecular complexity index is 544. The zero-order valence-corrected chi connectivity index (χ0v) is 11.3. The van der Waals surface area contributed by atoms with Gasteiger partial charge in [0.15, 0.2) is 0 Å². The number of fused-ring (bicyclic) bond motifs is 1. The highest BCUT2D eigenvalue weighted by Gasteiger charge is 2.44. The maximum atomic E-state index is 12.3. The first-order valence-electron chi connectivity index (χ1n) is 6.12. The molecule has 6 nitrogen and oxygen atoms in total. The fourth-order valence-electron chi connectivity index (χ4n) is 2.19. The smallest absolute Gasteiger partial charge is 0.329 e. The third kappa shape index (κ3) is 2.42. The number of hydrogen-bond acceptors (Lipinski definition) is 4. The van der Waals surface area contributed by atoms with Crippen LogP contribution >= 0.6 is 0 Å². The van der Waals surface area contributed by atoms with Crippen LogP contribution in [0.5, 0.6) is 0 Å². The first kappa shape index (κ1) is 14.2. The molecule has 0 saturated heterocycles. The zero-order chi connectivity index (χ0) is 14.9. The minimum atomic E-state index is -1.09. The number of hydrogen-bond donors (Lipinski definition) is 1. The number of carboxylic acid groups (broad SMARTS) is 1. The molecule has 1 N–H and O–H groups in total. The van der Waals surface area contributed by atoms with E-state index in [0.717, 1.165) is 4.90 Å². The van der Waals surface area contributed by atoms with Gasteiger partial charge in [-0.2, -0.15) is 0 Å². The van der Waals surface area contributed by atoms with Crippen molar-refractivity contribution in [3.63, 3.8) is 0 Å². The predicted molar refractivity (Wildman–Crippen MR) is 69.5 cm³/mol. The molecule has 0 atom stereocenters. The molecule has 2 amide bonds. The SMILES string of the molecule is CC(C)(COCC(=O)O)N1C(=O)c2ccccc2C1=O. The van der Waals surface area contributed by atoms with Gasteiger partial charge in [-0.3, -0.25) is 14.5 Å². The molecule has 0 aliphatic carbocycles. The normalized spacial score (nSPS) is 14.6. The number of aliphatic carboxylic acids is 1. The molecule has 1 aromatic carbocycles. The van der Waals surface area contributed by atoms with Crippen LogP contribution in [0.25, 0.3) is 0 Å². The second-order valence-corrected chi connectivity index (χ2v) is 5.19. The Labute approximate surface area is 115 Å². The maximum absolute atomic E-state index is 12.3. The topological polar surface area (TPSA) is 83.9 Å². The van der Waals surface area contributed by atoms with Crippen LogP contribution in [0.3, 0.4) is 0 Å². The first-order chi connectivity index (χ1) is 9.34. The molecule has 6 heteroatoms. The van der Waals surface area contributed by atoms with Crippen molar-refractivity contribution in [3.8, 4) is 0 Å². The first-order valence-corrected chi connectivity index (χ1v) is 6.12. The Morgan fingerprint density at radius 2 is 1.70 bits per heavy atom. The lowest BCUT2D eigenvalue weighted by atomic mass is 10.0. The number of ether oxygens (including phenoxy) is 1. The molecule has 20 heavy (non-hydrogen) atoms. The van der Waals surface area contributed by atoms with Crippen LogP contribution in [0.15, 0.2) is 24.3 Å². The summed E-state index contributed by atoms with van der Waals surface area (Å²) in [6.45, 7) is 2.82. The van der Waals surface area contributed by atoms with E-state index in [9.17, 15) is 14.4 Å². The van der Waals surface area contributed by atoms with Gasteiger partial charge in [0.2, 0.25) is 0 Å². The molecule has 1 aliphatic heterocycles. The summed E-state index contributed by atoms with van der Waals surface area (Å²) >= 11 is 0. The molecular weight excluding hydrogens is 262 g/mol. The Hall–Kier alpha value is -2.21. The molecule has 0 saturated carbocycles. The molecular formula is C14H15NO5. The molecule has 0 radical (unpaired) electrons. The van der Waals surface area contributed by atoms with E-state index < -0.39 is 18.1 Å². The van der Waals surface area contributed by atoms with E-state index in [4.69, 9.17) is 9.84 Å². The van der Waals surface area contributed by atoms with E-state index in [-0.39, 0.29) is 18.4 Å². The van der Waals surface area contributed by atoms with Crippen molar-refractivity contribution in [2.45, 2.75) is 19.4 Å². The summed E-state index contributed by atoms with van der Waals surface area (Å²) in [6.07, 6.45) is 0. The van der Waals surface area contributed by atoms with E-state index >= 15 is 0 Å². The highest BCUT2D eigenvalue weighted by atomic mass is 16.5. The lowest BCUT2D eigenvalue weighted by molar-refractivity contribution is -0.143. The number of carbonyl (C=O) groups is 3. The average molecular weight is 277 g/mol. The molecule has 0 bridgehead atoms. The van der Waals surface area contributed by atoms with Crippen LogP contribution < -0.4 is 0 Å². The second kappa shape index (κ2) is 5.05. The summed E-state index contributed by atoms with van der Waals surface area (Å²) in [7, 11) is 0. The second-order valence-electron chi connectivity index (χ2n) is 5.19. The van der Waals surface area contributed by atoms with Gasteiger partial charge in [0, 0.05) is 0 Å². The summed E-state index contributed by atoms with van der Waals surface area (Å²) < 4.78 is 5.02. The Morgan fingerprint density at radius 1 is 1.20 bits per heavy atom. The number of amides is 2. The zero-order valence-electron chi connectivity index (χ0n) is 11.3. The van der Waals surface area contributed by atoms with Crippen molar-refractivity contribution in [2.75, 3.05) is 13.2 Å². The number of benzene rings is 1. The number of rotatable bonds is 5. The molecule has 0 unspecified atom stereocenters. The summed E-state index contributed by atoms with van der Waals surface area (Å²) in [4.78, 5) is 36.1. The molecule has 0 fully saturated rings. The van der Waals surface area contributed by atoms with Crippen molar-refractivity contribution in [1.82, 2.24) is 4.90 Å². The Kier molecular flexibility index (Phi) is 3.59. The van der Waals surface area contributed by atoms with Crippen molar-refractivity contribution in [1.29, 1.82) is 0 Å². The fraction of sp³-hybridized carbons (Fsp3) is 0.357. The number of nitrogens with zero attached hydrogens (tertiary/aromatic N) is 1. The lowest BCUT2D eigenvalue weighted by Gasteiger charge is -2.33. The molecule has 0 aromatic heterocycles. The van der Waals surface area contributed by atoms with Gasteiger partial charge >= 0.3 is 5.97 Å². The molecule has 1 heterocycles. The number of carbonyl (C=O) groups excluding carboxylic acids is 2. The molecule has 1 aliphatic rings. The van der Waals surface area contributed by atoms with Gasteiger partial charge in [-0.15, -0.1) is 0 Å².